The van der Waals surface area contributed by atoms with Gasteiger partial charge in [-0.1, -0.05) is 48.5 Å². The van der Waals surface area contributed by atoms with Crippen LogP contribution < -0.4 is 18.9 Å². The van der Waals surface area contributed by atoms with Crippen LogP contribution in [-0.4, -0.2) is 44.7 Å². The van der Waals surface area contributed by atoms with Crippen LogP contribution in [0.3, 0.4) is 0 Å². The van der Waals surface area contributed by atoms with Crippen LogP contribution in [0, 0.1) is 0 Å². The Morgan fingerprint density at radius 1 is 0.323 bits per heavy atom. The lowest BCUT2D eigenvalue weighted by Crippen LogP contribution is -2.54. The molecule has 6 aromatic rings. The fourth-order valence-electron chi connectivity index (χ4n) is 6.98. The number of halogens is 12. The predicted molar refractivity (Wildman–Crippen MR) is 201 cm³/mol. The number of ketones is 1. The Hall–Kier alpha value is -6.65. The summed E-state index contributed by atoms with van der Waals surface area (Å²) in [6, 6.07) is 24.0. The van der Waals surface area contributed by atoms with Gasteiger partial charge in [-0.15, -0.1) is 0 Å². The van der Waals surface area contributed by atoms with Crippen LogP contribution in [0.25, 0.3) is 0 Å². The molecule has 0 aliphatic rings. The van der Waals surface area contributed by atoms with Crippen molar-refractivity contribution in [2.45, 2.75) is 35.5 Å². The van der Waals surface area contributed by atoms with Crippen LogP contribution in [0.5, 0.6) is 34.5 Å². The van der Waals surface area contributed by atoms with Crippen LogP contribution >= 0.6 is 0 Å². The molecule has 0 heterocycles. The molecule has 0 aliphatic carbocycles. The van der Waals surface area contributed by atoms with Crippen LogP contribution in [0.15, 0.2) is 146 Å². The highest BCUT2D eigenvalue weighted by Crippen LogP contribution is 2.58. The van der Waals surface area contributed by atoms with E-state index in [0.717, 1.165) is 48.5 Å². The Kier molecular flexibility index (Phi) is 12.1. The number of rotatable bonds is 12. The maximum atomic E-state index is 14.5. The van der Waals surface area contributed by atoms with Crippen molar-refractivity contribution in [1.29, 1.82) is 0 Å². The van der Waals surface area contributed by atoms with Crippen molar-refractivity contribution in [2.24, 2.45) is 0 Å². The first-order chi connectivity index (χ1) is 29.1. The summed E-state index contributed by atoms with van der Waals surface area (Å²) in [5, 5.41) is 0. The number of carbonyl (C=O) groups excluding carboxylic acids is 1. The van der Waals surface area contributed by atoms with Gasteiger partial charge in [-0.25, -0.2) is 0 Å². The van der Waals surface area contributed by atoms with E-state index in [2.05, 4.69) is 0 Å². The highest BCUT2D eigenvalue weighted by atomic mass is 19.4. The number of methoxy groups -OCH3 is 2. The Balaban J connectivity index is 1.15. The van der Waals surface area contributed by atoms with E-state index in [1.807, 2.05) is 0 Å². The Morgan fingerprint density at radius 2 is 0.516 bits per heavy atom. The summed E-state index contributed by atoms with van der Waals surface area (Å²) in [5.41, 5.74) is -12.8. The smallest absolute Gasteiger partial charge is 0.411 e. The zero-order chi connectivity index (χ0) is 45.3. The van der Waals surface area contributed by atoms with Gasteiger partial charge in [-0.3, -0.25) is 4.79 Å². The molecule has 0 atom stereocenters. The number of alkyl halides is 12. The fraction of sp³-hybridized carbons (Fsp3) is 0.178. The van der Waals surface area contributed by atoms with E-state index in [9.17, 15) is 57.5 Å². The Morgan fingerprint density at radius 3 is 0.710 bits per heavy atom. The number of hydrogen-bond acceptors (Lipinski definition) is 5. The van der Waals surface area contributed by atoms with Gasteiger partial charge in [0.15, 0.2) is 5.78 Å². The second-order valence-electron chi connectivity index (χ2n) is 13.6. The predicted octanol–water partition coefficient (Wildman–Crippen LogP) is 13.3. The van der Waals surface area contributed by atoms with Crippen LogP contribution in [-0.2, 0) is 10.8 Å². The van der Waals surface area contributed by atoms with Crippen molar-refractivity contribution < 1.29 is 76.4 Å². The Labute approximate surface area is 345 Å². The van der Waals surface area contributed by atoms with Crippen LogP contribution in [0.1, 0.15) is 38.2 Å². The van der Waals surface area contributed by atoms with Crippen molar-refractivity contribution in [2.75, 3.05) is 14.2 Å². The van der Waals surface area contributed by atoms with E-state index in [1.165, 1.54) is 62.8 Å². The standard InChI is InChI=1S/C45H30F12O5/c1-59-33-19-7-29(8-20-33)40(42(46,47)48,43(49,50)51)31-11-23-37(24-12-31)61-35-15-3-27(4-16-35)39(58)28-5-17-36(18-6-28)62-38-25-13-32(14-26-38)41(44(52,53)54,45(55,56)57)30-9-21-34(60-2)22-10-30/h3-26H,1-2H3. The summed E-state index contributed by atoms with van der Waals surface area (Å²) >= 11 is 0. The molecule has 17 heteroatoms. The fourth-order valence-corrected chi connectivity index (χ4v) is 6.98. The third kappa shape index (κ3) is 8.22. The minimum atomic E-state index is -5.80. The Bertz CT molecular complexity index is 2250. The van der Waals surface area contributed by atoms with Crippen molar-refractivity contribution in [3.05, 3.63) is 179 Å². The first-order valence-electron chi connectivity index (χ1n) is 17.9. The van der Waals surface area contributed by atoms with E-state index in [1.54, 1.807) is 0 Å². The molecular formula is C45H30F12O5. The molecular weight excluding hydrogens is 848 g/mol. The van der Waals surface area contributed by atoms with Gasteiger partial charge in [0.2, 0.25) is 10.8 Å². The number of hydrogen-bond donors (Lipinski definition) is 0. The molecule has 0 bridgehead atoms. The molecule has 0 aromatic heterocycles. The molecule has 6 aromatic carbocycles. The molecule has 0 spiro atoms. The van der Waals surface area contributed by atoms with Crippen molar-refractivity contribution in [3.63, 3.8) is 0 Å². The minimum absolute atomic E-state index is 0.0571. The van der Waals surface area contributed by atoms with E-state index < -0.39 is 63.6 Å². The van der Waals surface area contributed by atoms with E-state index in [4.69, 9.17) is 18.9 Å². The van der Waals surface area contributed by atoms with Crippen molar-refractivity contribution in [1.82, 2.24) is 0 Å². The van der Waals surface area contributed by atoms with Gasteiger partial charge >= 0.3 is 24.7 Å². The van der Waals surface area contributed by atoms with Gasteiger partial charge in [0.25, 0.3) is 0 Å². The molecule has 0 fully saturated rings. The maximum absolute atomic E-state index is 14.5. The second-order valence-corrected chi connectivity index (χ2v) is 13.6. The molecule has 0 saturated carbocycles. The zero-order valence-electron chi connectivity index (χ0n) is 31.9. The summed E-state index contributed by atoms with van der Waals surface area (Å²) in [7, 11) is 2.42. The topological polar surface area (TPSA) is 54.0 Å². The summed E-state index contributed by atoms with van der Waals surface area (Å²) < 4.78 is 195. The van der Waals surface area contributed by atoms with Gasteiger partial charge in [0.05, 0.1) is 14.2 Å². The molecule has 0 amide bonds. The lowest BCUT2D eigenvalue weighted by molar-refractivity contribution is -0.290. The number of benzene rings is 6. The van der Waals surface area contributed by atoms with Crippen molar-refractivity contribution in [3.8, 4) is 34.5 Å². The maximum Gasteiger partial charge on any atom is 0.411 e. The first kappa shape index (κ1) is 44.9. The van der Waals surface area contributed by atoms with E-state index in [0.29, 0.717) is 48.5 Å². The van der Waals surface area contributed by atoms with Gasteiger partial charge in [-0.05, 0) is 119 Å². The highest BCUT2D eigenvalue weighted by molar-refractivity contribution is 6.09. The lowest BCUT2D eigenvalue weighted by atomic mass is 9.73. The molecule has 0 radical (unpaired) electrons. The molecule has 62 heavy (non-hydrogen) atoms. The monoisotopic (exact) mass is 878 g/mol. The first-order valence-corrected chi connectivity index (χ1v) is 17.9. The average Bonchev–Trinajstić information content (AvgIpc) is 3.21. The molecule has 0 N–H and O–H groups in total. The normalized spacial score (nSPS) is 12.7. The van der Waals surface area contributed by atoms with E-state index >= 15 is 0 Å². The third-order valence-electron chi connectivity index (χ3n) is 10.0. The average molecular weight is 879 g/mol. The highest BCUT2D eigenvalue weighted by Gasteiger charge is 2.73. The summed E-state index contributed by atoms with van der Waals surface area (Å²) in [5.74, 6) is -0.428. The van der Waals surface area contributed by atoms with Gasteiger partial charge in [0, 0.05) is 11.1 Å². The van der Waals surface area contributed by atoms with Gasteiger partial charge in [-0.2, -0.15) is 52.7 Å². The summed E-state index contributed by atoms with van der Waals surface area (Å²) in [6.45, 7) is 0. The van der Waals surface area contributed by atoms with E-state index in [-0.39, 0.29) is 45.6 Å². The number of carbonyl (C=O) groups is 1. The third-order valence-corrected chi connectivity index (χ3v) is 10.0. The largest absolute Gasteiger partial charge is 0.497 e. The molecule has 5 nitrogen and oxygen atoms in total. The molecule has 324 valence electrons. The van der Waals surface area contributed by atoms with Crippen LogP contribution in [0.2, 0.25) is 0 Å². The minimum Gasteiger partial charge on any atom is -0.497 e. The summed E-state index contributed by atoms with van der Waals surface area (Å²) in [6.07, 6.45) is -23.2. The zero-order valence-corrected chi connectivity index (χ0v) is 31.9. The SMILES string of the molecule is COc1ccc(C(c2ccc(Oc3ccc(C(=O)c4ccc(Oc5ccc(C(c6ccc(OC)cc6)(C(F)(F)F)C(F)(F)F)cc5)cc4)cc3)cc2)(C(F)(F)F)C(F)(F)F)cc1. The van der Waals surface area contributed by atoms with Gasteiger partial charge < -0.3 is 18.9 Å². The second kappa shape index (κ2) is 16.7. The molecule has 0 unspecified atom stereocenters. The van der Waals surface area contributed by atoms with Crippen molar-refractivity contribution >= 4 is 5.78 Å². The quantitative estimate of drug-likeness (QED) is 0.0905. The molecule has 6 rings (SSSR count). The summed E-state index contributed by atoms with van der Waals surface area (Å²) in [4.78, 5) is 13.2. The number of ether oxygens (including phenoxy) is 4. The lowest BCUT2D eigenvalue weighted by Gasteiger charge is -2.38. The van der Waals surface area contributed by atoms with Gasteiger partial charge in [0.1, 0.15) is 34.5 Å². The van der Waals surface area contributed by atoms with Crippen LogP contribution in [0.4, 0.5) is 52.7 Å². The molecule has 0 saturated heterocycles. The molecule has 0 aliphatic heterocycles.